The first-order valence-electron chi connectivity index (χ1n) is 9.03. The van der Waals surface area contributed by atoms with Crippen LogP contribution in [0.5, 0.6) is 0 Å². The summed E-state index contributed by atoms with van der Waals surface area (Å²) in [6.07, 6.45) is 9.18. The van der Waals surface area contributed by atoms with Crippen LogP contribution in [0.4, 0.5) is 0 Å². The minimum absolute atomic E-state index is 0.392. The predicted octanol–water partition coefficient (Wildman–Crippen LogP) is 4.72. The number of rotatable bonds is 2. The lowest BCUT2D eigenvalue weighted by atomic mass is 9.76. The van der Waals surface area contributed by atoms with Gasteiger partial charge in [-0.2, -0.15) is 0 Å². The number of hydrogen-bond donors (Lipinski definition) is 1. The number of allylic oxidation sites excluding steroid dienone is 3. The number of fused-ring (bicyclic) bond motifs is 2. The molecule has 4 rings (SSSR count). The molecule has 2 aromatic rings. The molecule has 2 heterocycles. The van der Waals surface area contributed by atoms with Crippen molar-refractivity contribution < 1.29 is 5.11 Å². The topological polar surface area (TPSA) is 50.9 Å². The average Bonchev–Trinajstić information content (AvgIpc) is 2.92. The van der Waals surface area contributed by atoms with Crippen molar-refractivity contribution >= 4 is 11.2 Å². The molecule has 126 valence electrons. The minimum atomic E-state index is 0.392. The largest absolute Gasteiger partial charge is 0.508 e. The maximum absolute atomic E-state index is 9.86. The third-order valence-electron chi connectivity index (χ3n) is 5.51. The molecule has 0 saturated heterocycles. The molecule has 0 amide bonds. The molecule has 2 aliphatic rings. The van der Waals surface area contributed by atoms with Gasteiger partial charge in [-0.1, -0.05) is 12.5 Å². The molecule has 1 N–H and O–H groups in total. The van der Waals surface area contributed by atoms with Crippen LogP contribution in [0, 0.1) is 19.8 Å². The second kappa shape index (κ2) is 5.76. The van der Waals surface area contributed by atoms with Gasteiger partial charge in [0.05, 0.1) is 0 Å². The Morgan fingerprint density at radius 2 is 2.12 bits per heavy atom. The van der Waals surface area contributed by atoms with E-state index in [9.17, 15) is 5.11 Å². The molecule has 0 radical (unpaired) electrons. The number of pyridine rings is 1. The number of imidazole rings is 1. The van der Waals surface area contributed by atoms with Crippen molar-refractivity contribution in [2.45, 2.75) is 58.9 Å². The smallest absolute Gasteiger partial charge is 0.160 e. The Balaban J connectivity index is 1.88. The standard InChI is InChI=1S/C20H25N3O/c1-4-18-22-19-12(2)10-13(3)21-20(19)23(18)17-7-5-6-14-11-15(24)8-9-16(14)17/h8,10-11,16-17,24H,4-7,9H2,1-3H3. The summed E-state index contributed by atoms with van der Waals surface area (Å²) in [5.74, 6) is 2.02. The summed E-state index contributed by atoms with van der Waals surface area (Å²) in [6, 6.07) is 2.51. The Bertz CT molecular complexity index is 859. The molecule has 1 fully saturated rings. The predicted molar refractivity (Wildman–Crippen MR) is 96.2 cm³/mol. The fourth-order valence-corrected chi connectivity index (χ4v) is 4.46. The van der Waals surface area contributed by atoms with Crippen molar-refractivity contribution in [2.24, 2.45) is 5.92 Å². The molecule has 1 saturated carbocycles. The molecule has 0 bridgehead atoms. The van der Waals surface area contributed by atoms with Crippen molar-refractivity contribution in [3.63, 3.8) is 0 Å². The highest BCUT2D eigenvalue weighted by molar-refractivity contribution is 5.76. The van der Waals surface area contributed by atoms with Gasteiger partial charge >= 0.3 is 0 Å². The third kappa shape index (κ3) is 2.36. The van der Waals surface area contributed by atoms with Crippen molar-refractivity contribution in [2.75, 3.05) is 0 Å². The van der Waals surface area contributed by atoms with Gasteiger partial charge in [-0.25, -0.2) is 9.97 Å². The lowest BCUT2D eigenvalue weighted by Crippen LogP contribution is -2.27. The van der Waals surface area contributed by atoms with E-state index < -0.39 is 0 Å². The lowest BCUT2D eigenvalue weighted by molar-refractivity contribution is 0.291. The number of aliphatic hydroxyl groups is 1. The van der Waals surface area contributed by atoms with Gasteiger partial charge in [0.2, 0.25) is 0 Å². The van der Waals surface area contributed by atoms with Crippen LogP contribution in [0.15, 0.2) is 29.6 Å². The van der Waals surface area contributed by atoms with E-state index in [1.807, 2.05) is 12.2 Å². The first-order chi connectivity index (χ1) is 11.6. The Hall–Kier alpha value is -2.10. The van der Waals surface area contributed by atoms with Crippen molar-refractivity contribution in [3.8, 4) is 0 Å². The molecule has 2 aromatic heterocycles. The number of aromatic nitrogens is 3. The highest BCUT2D eigenvalue weighted by atomic mass is 16.3. The molecular weight excluding hydrogens is 298 g/mol. The van der Waals surface area contributed by atoms with Crippen LogP contribution < -0.4 is 0 Å². The summed E-state index contributed by atoms with van der Waals surface area (Å²) in [4.78, 5) is 9.76. The van der Waals surface area contributed by atoms with E-state index >= 15 is 0 Å². The second-order valence-electron chi connectivity index (χ2n) is 7.15. The van der Waals surface area contributed by atoms with Gasteiger partial charge in [0.1, 0.15) is 17.1 Å². The van der Waals surface area contributed by atoms with E-state index in [2.05, 4.69) is 31.4 Å². The summed E-state index contributed by atoms with van der Waals surface area (Å²) >= 11 is 0. The number of aliphatic hydroxyl groups excluding tert-OH is 1. The fraction of sp³-hybridized carbons (Fsp3) is 0.500. The van der Waals surface area contributed by atoms with Gasteiger partial charge in [0.25, 0.3) is 0 Å². The van der Waals surface area contributed by atoms with Crippen molar-refractivity contribution in [1.82, 2.24) is 14.5 Å². The molecule has 4 nitrogen and oxygen atoms in total. The van der Waals surface area contributed by atoms with Gasteiger partial charge in [-0.15, -0.1) is 0 Å². The van der Waals surface area contributed by atoms with Crippen LogP contribution in [-0.4, -0.2) is 19.6 Å². The third-order valence-corrected chi connectivity index (χ3v) is 5.51. The summed E-state index contributed by atoms with van der Waals surface area (Å²) < 4.78 is 2.41. The van der Waals surface area contributed by atoms with E-state index in [0.29, 0.717) is 17.7 Å². The normalized spacial score (nSPS) is 23.8. The van der Waals surface area contributed by atoms with Crippen LogP contribution >= 0.6 is 0 Å². The van der Waals surface area contributed by atoms with Crippen molar-refractivity contribution in [3.05, 3.63) is 46.6 Å². The van der Waals surface area contributed by atoms with Gasteiger partial charge in [0, 0.05) is 24.1 Å². The van der Waals surface area contributed by atoms with Crippen LogP contribution in [-0.2, 0) is 6.42 Å². The molecule has 2 atom stereocenters. The van der Waals surface area contributed by atoms with Crippen molar-refractivity contribution in [1.29, 1.82) is 0 Å². The van der Waals surface area contributed by atoms with E-state index in [-0.39, 0.29) is 0 Å². The summed E-state index contributed by atoms with van der Waals surface area (Å²) in [7, 11) is 0. The highest BCUT2D eigenvalue weighted by Gasteiger charge is 2.34. The zero-order valence-electron chi connectivity index (χ0n) is 14.7. The molecule has 0 spiro atoms. The van der Waals surface area contributed by atoms with Gasteiger partial charge < -0.3 is 9.67 Å². The van der Waals surface area contributed by atoms with Gasteiger partial charge in [-0.3, -0.25) is 0 Å². The fourth-order valence-electron chi connectivity index (χ4n) is 4.46. The Kier molecular flexibility index (Phi) is 3.70. The van der Waals surface area contributed by atoms with Gasteiger partial charge in [-0.05, 0) is 63.3 Å². The van der Waals surface area contributed by atoms with Gasteiger partial charge in [0.15, 0.2) is 5.65 Å². The number of nitrogens with zero attached hydrogens (tertiary/aromatic N) is 3. The van der Waals surface area contributed by atoms with E-state index in [1.54, 1.807) is 0 Å². The molecule has 2 unspecified atom stereocenters. The first kappa shape index (κ1) is 15.4. The monoisotopic (exact) mass is 323 g/mol. The summed E-state index contributed by atoms with van der Waals surface area (Å²) in [5, 5.41) is 9.86. The zero-order chi connectivity index (χ0) is 16.8. The zero-order valence-corrected chi connectivity index (χ0v) is 14.7. The minimum Gasteiger partial charge on any atom is -0.508 e. The second-order valence-corrected chi connectivity index (χ2v) is 7.15. The first-order valence-corrected chi connectivity index (χ1v) is 9.03. The van der Waals surface area contributed by atoms with E-state index in [1.165, 1.54) is 11.1 Å². The molecule has 0 aromatic carbocycles. The van der Waals surface area contributed by atoms with Crippen LogP contribution in [0.25, 0.3) is 11.2 Å². The molecule has 0 aliphatic heterocycles. The summed E-state index contributed by atoms with van der Waals surface area (Å²) in [6.45, 7) is 6.36. The molecule has 4 heteroatoms. The molecule has 2 aliphatic carbocycles. The maximum atomic E-state index is 9.86. The van der Waals surface area contributed by atoms with Crippen LogP contribution in [0.2, 0.25) is 0 Å². The Labute approximate surface area is 142 Å². The van der Waals surface area contributed by atoms with E-state index in [4.69, 9.17) is 9.97 Å². The van der Waals surface area contributed by atoms with Crippen LogP contribution in [0.1, 0.15) is 55.7 Å². The number of hydrogen-bond acceptors (Lipinski definition) is 3. The summed E-state index contributed by atoms with van der Waals surface area (Å²) in [5.41, 5.74) is 5.73. The molecule has 24 heavy (non-hydrogen) atoms. The highest BCUT2D eigenvalue weighted by Crippen LogP contribution is 2.44. The molecular formula is C20H25N3O. The SMILES string of the molecule is CCc1nc2c(C)cc(C)nc2n1C1CCCC2=CC(O)=CCC21. The maximum Gasteiger partial charge on any atom is 0.160 e. The number of aryl methyl sites for hydroxylation is 3. The lowest BCUT2D eigenvalue weighted by Gasteiger charge is -2.36. The quantitative estimate of drug-likeness (QED) is 0.869. The van der Waals surface area contributed by atoms with Crippen LogP contribution in [0.3, 0.4) is 0 Å². The van der Waals surface area contributed by atoms with E-state index in [0.717, 1.165) is 54.8 Å². The Morgan fingerprint density at radius 3 is 2.92 bits per heavy atom. The average molecular weight is 323 g/mol. The Morgan fingerprint density at radius 1 is 1.29 bits per heavy atom.